The molecule has 4 amide bonds. The van der Waals surface area contributed by atoms with Crippen LogP contribution in [0.25, 0.3) is 0 Å². The molecule has 0 aliphatic heterocycles. The van der Waals surface area contributed by atoms with E-state index in [1.807, 2.05) is 6.26 Å². The summed E-state index contributed by atoms with van der Waals surface area (Å²) in [4.78, 5) is 72.3. The van der Waals surface area contributed by atoms with Gasteiger partial charge in [-0.1, -0.05) is 0 Å². The molecular weight excluding hydrogens is 518 g/mol. The van der Waals surface area contributed by atoms with E-state index in [9.17, 15) is 39.0 Å². The molecule has 0 aromatic heterocycles. The highest BCUT2D eigenvalue weighted by molar-refractivity contribution is 7.98. The summed E-state index contributed by atoms with van der Waals surface area (Å²) in [6, 6.07) is -6.55. The number of rotatable bonds is 18. The average molecular weight is 554 g/mol. The zero-order valence-electron chi connectivity index (χ0n) is 20.3. The highest BCUT2D eigenvalue weighted by atomic mass is 32.2. The Balaban J connectivity index is 5.49. The molecule has 36 heavy (non-hydrogen) atoms. The molecule has 0 saturated carbocycles. The number of carbonyl (C=O) groups is 6. The van der Waals surface area contributed by atoms with Gasteiger partial charge < -0.3 is 42.3 Å². The van der Waals surface area contributed by atoms with Gasteiger partial charge in [-0.2, -0.15) is 23.5 Å². The molecule has 0 fully saturated rings. The third kappa shape index (κ3) is 12.9. The van der Waals surface area contributed by atoms with Gasteiger partial charge in [0.05, 0.1) is 19.1 Å². The molecule has 9 N–H and O–H groups in total. The van der Waals surface area contributed by atoms with Gasteiger partial charge in [0.1, 0.15) is 24.2 Å². The highest BCUT2D eigenvalue weighted by Gasteiger charge is 2.32. The van der Waals surface area contributed by atoms with Crippen LogP contribution in [0.2, 0.25) is 0 Å². The Morgan fingerprint density at radius 2 is 1.22 bits per heavy atom. The van der Waals surface area contributed by atoms with Crippen LogP contribution in [0.3, 0.4) is 0 Å². The number of carboxylic acid groups (broad SMARTS) is 2. The molecule has 0 aliphatic rings. The molecule has 5 atom stereocenters. The Morgan fingerprint density at radius 1 is 0.750 bits per heavy atom. The van der Waals surface area contributed by atoms with E-state index in [4.69, 9.17) is 10.8 Å². The monoisotopic (exact) mass is 553 g/mol. The van der Waals surface area contributed by atoms with Gasteiger partial charge >= 0.3 is 11.9 Å². The van der Waals surface area contributed by atoms with Crippen LogP contribution in [0.4, 0.5) is 0 Å². The second-order valence-corrected chi connectivity index (χ2v) is 9.67. The number of aliphatic hydroxyl groups is 1. The van der Waals surface area contributed by atoms with Gasteiger partial charge in [0, 0.05) is 0 Å². The van der Waals surface area contributed by atoms with E-state index in [1.54, 1.807) is 6.26 Å². The molecule has 0 aliphatic carbocycles. The van der Waals surface area contributed by atoms with Gasteiger partial charge in [0.2, 0.25) is 23.6 Å². The van der Waals surface area contributed by atoms with Gasteiger partial charge in [-0.25, -0.2) is 0 Å². The van der Waals surface area contributed by atoms with Crippen LogP contribution in [0, 0.1) is 0 Å². The standard InChI is InChI=1S/C20H35N5O9S2/c1-10(20(33)34)22-19(32)14(9-26)25-18(31)13(8-15(27)28)24-17(30)12(5-7-36-3)23-16(29)11(21)4-6-35-2/h10-14,26H,4-9,21H2,1-3H3,(H,22,32)(H,23,29)(H,24,30)(H,25,31)(H,27,28)(H,33,34)/t10-,11-,12-,13-,14-/m0/s1. The molecule has 14 nitrogen and oxygen atoms in total. The molecule has 0 saturated heterocycles. The summed E-state index contributed by atoms with van der Waals surface area (Å²) in [6.07, 6.45) is 3.32. The lowest BCUT2D eigenvalue weighted by molar-refractivity contribution is -0.143. The lowest BCUT2D eigenvalue weighted by atomic mass is 10.1. The van der Waals surface area contributed by atoms with E-state index in [1.165, 1.54) is 30.4 Å². The maximum absolute atomic E-state index is 12.9. The molecule has 16 heteroatoms. The van der Waals surface area contributed by atoms with Crippen molar-refractivity contribution in [1.82, 2.24) is 21.3 Å². The number of thioether (sulfide) groups is 2. The third-order valence-electron chi connectivity index (χ3n) is 4.77. The lowest BCUT2D eigenvalue weighted by Gasteiger charge is -2.25. The predicted molar refractivity (Wildman–Crippen MR) is 134 cm³/mol. The number of aliphatic hydroxyl groups excluding tert-OH is 1. The minimum absolute atomic E-state index is 0.171. The van der Waals surface area contributed by atoms with Crippen LogP contribution >= 0.6 is 23.5 Å². The number of carbonyl (C=O) groups excluding carboxylic acids is 4. The van der Waals surface area contributed by atoms with Crippen LogP contribution in [0.5, 0.6) is 0 Å². The van der Waals surface area contributed by atoms with Crippen molar-refractivity contribution in [3.8, 4) is 0 Å². The minimum Gasteiger partial charge on any atom is -0.481 e. The zero-order valence-corrected chi connectivity index (χ0v) is 21.9. The molecule has 0 spiro atoms. The number of nitrogens with one attached hydrogen (secondary N) is 4. The van der Waals surface area contributed by atoms with Crippen LogP contribution in [-0.4, -0.2) is 112 Å². The third-order valence-corrected chi connectivity index (χ3v) is 6.06. The van der Waals surface area contributed by atoms with Crippen molar-refractivity contribution in [2.24, 2.45) is 5.73 Å². The first-order valence-electron chi connectivity index (χ1n) is 10.9. The predicted octanol–water partition coefficient (Wildman–Crippen LogP) is -2.67. The number of hydrogen-bond donors (Lipinski definition) is 8. The highest BCUT2D eigenvalue weighted by Crippen LogP contribution is 2.05. The van der Waals surface area contributed by atoms with Gasteiger partial charge in [-0.15, -0.1) is 0 Å². The average Bonchev–Trinajstić information content (AvgIpc) is 2.81. The van der Waals surface area contributed by atoms with E-state index < -0.39 is 78.8 Å². The normalized spacial score (nSPS) is 14.9. The Morgan fingerprint density at radius 3 is 1.72 bits per heavy atom. The topological polar surface area (TPSA) is 237 Å². The van der Waals surface area contributed by atoms with Gasteiger partial charge in [-0.05, 0) is 43.8 Å². The Hall–Kier alpha value is -2.56. The first-order valence-corrected chi connectivity index (χ1v) is 13.7. The number of carboxylic acids is 2. The summed E-state index contributed by atoms with van der Waals surface area (Å²) in [5.41, 5.74) is 5.84. The number of amides is 4. The fraction of sp³-hybridized carbons (Fsp3) is 0.700. The SMILES string of the molecule is CSCC[C@H](NC(=O)[C@@H](N)CCSC)C(=O)N[C@@H](CC(=O)O)C(=O)N[C@@H](CO)C(=O)N[C@@H](C)C(=O)O. The smallest absolute Gasteiger partial charge is 0.325 e. The van der Waals surface area contributed by atoms with E-state index in [0.29, 0.717) is 17.9 Å². The molecule has 0 aromatic carbocycles. The number of aliphatic carboxylic acids is 2. The van der Waals surface area contributed by atoms with E-state index in [-0.39, 0.29) is 6.42 Å². The first-order chi connectivity index (χ1) is 16.9. The molecule has 0 rings (SSSR count). The Kier molecular flexibility index (Phi) is 16.5. The van der Waals surface area contributed by atoms with Crippen LogP contribution < -0.4 is 27.0 Å². The van der Waals surface area contributed by atoms with Crippen molar-refractivity contribution in [3.05, 3.63) is 0 Å². The quantitative estimate of drug-likeness (QED) is 0.0867. The second kappa shape index (κ2) is 17.8. The van der Waals surface area contributed by atoms with Gasteiger partial charge in [-0.3, -0.25) is 28.8 Å². The van der Waals surface area contributed by atoms with Crippen LogP contribution in [0.1, 0.15) is 26.2 Å². The summed E-state index contributed by atoms with van der Waals surface area (Å²) < 4.78 is 0. The number of hydrogen-bond acceptors (Lipinski definition) is 10. The largest absolute Gasteiger partial charge is 0.481 e. The maximum atomic E-state index is 12.9. The van der Waals surface area contributed by atoms with E-state index in [0.717, 1.165) is 0 Å². The summed E-state index contributed by atoms with van der Waals surface area (Å²) in [6.45, 7) is 0.248. The summed E-state index contributed by atoms with van der Waals surface area (Å²) in [5, 5.41) is 36.5. The zero-order chi connectivity index (χ0) is 27.8. The Bertz CT molecular complexity index is 787. The molecular formula is C20H35N5O9S2. The molecule has 206 valence electrons. The van der Waals surface area contributed by atoms with Crippen molar-refractivity contribution < 1.29 is 44.1 Å². The van der Waals surface area contributed by atoms with Crippen LogP contribution in [0.15, 0.2) is 0 Å². The van der Waals surface area contributed by atoms with Gasteiger partial charge in [0.15, 0.2) is 0 Å². The molecule has 0 radical (unpaired) electrons. The van der Waals surface area contributed by atoms with Gasteiger partial charge in [0.25, 0.3) is 0 Å². The molecule has 0 heterocycles. The lowest BCUT2D eigenvalue weighted by Crippen LogP contribution is -2.59. The fourth-order valence-electron chi connectivity index (χ4n) is 2.66. The minimum atomic E-state index is -1.66. The van der Waals surface area contributed by atoms with Crippen molar-refractivity contribution in [2.45, 2.75) is 56.4 Å². The molecule has 0 bridgehead atoms. The Labute approximate surface area is 217 Å². The van der Waals surface area contributed by atoms with Crippen LogP contribution in [-0.2, 0) is 28.8 Å². The second-order valence-electron chi connectivity index (χ2n) is 7.70. The first kappa shape index (κ1) is 33.4. The van der Waals surface area contributed by atoms with Crippen molar-refractivity contribution >= 4 is 59.1 Å². The van der Waals surface area contributed by atoms with Crippen molar-refractivity contribution in [1.29, 1.82) is 0 Å². The van der Waals surface area contributed by atoms with E-state index in [2.05, 4.69) is 21.3 Å². The summed E-state index contributed by atoms with van der Waals surface area (Å²) in [7, 11) is 0. The summed E-state index contributed by atoms with van der Waals surface area (Å²) in [5.74, 6) is -5.24. The maximum Gasteiger partial charge on any atom is 0.325 e. The van der Waals surface area contributed by atoms with E-state index >= 15 is 0 Å². The molecule has 0 unspecified atom stereocenters. The summed E-state index contributed by atoms with van der Waals surface area (Å²) >= 11 is 2.90. The van der Waals surface area contributed by atoms with Crippen molar-refractivity contribution in [2.75, 3.05) is 30.6 Å². The van der Waals surface area contributed by atoms with Crippen molar-refractivity contribution in [3.63, 3.8) is 0 Å². The number of nitrogens with two attached hydrogens (primary N) is 1. The molecule has 0 aromatic rings. The fourth-order valence-corrected chi connectivity index (χ4v) is 3.62.